The van der Waals surface area contributed by atoms with Gasteiger partial charge in [0.2, 0.25) is 0 Å². The zero-order chi connectivity index (χ0) is 36.3. The van der Waals surface area contributed by atoms with Crippen LogP contribution in [0.3, 0.4) is 0 Å². The van der Waals surface area contributed by atoms with Gasteiger partial charge in [0.15, 0.2) is 12.5 Å². The molecule has 4 heterocycles. The molecule has 0 saturated carbocycles. The highest BCUT2D eigenvalue weighted by molar-refractivity contribution is 7.59. The third kappa shape index (κ3) is 7.97. The Bertz CT molecular complexity index is 1730. The second kappa shape index (κ2) is 15.4. The van der Waals surface area contributed by atoms with E-state index in [-0.39, 0.29) is 37.6 Å². The largest absolute Gasteiger partial charge is 0.382 e. The van der Waals surface area contributed by atoms with Crippen LogP contribution in [0, 0.1) is 19.8 Å². The van der Waals surface area contributed by atoms with Gasteiger partial charge >= 0.3 is 17.0 Å². The molecule has 0 radical (unpaired) electrons. The molecule has 2 N–H and O–H groups in total. The number of nitrogens with one attached hydrogen (secondary N) is 2. The molecule has 2 saturated heterocycles. The highest BCUT2D eigenvalue weighted by Gasteiger charge is 2.57. The van der Waals surface area contributed by atoms with Crippen molar-refractivity contribution in [2.75, 3.05) is 47.3 Å². The summed E-state index contributed by atoms with van der Waals surface area (Å²) in [6.45, 7) is 4.87. The van der Waals surface area contributed by atoms with Crippen LogP contribution in [0.1, 0.15) is 45.2 Å². The number of halogens is 2. The van der Waals surface area contributed by atoms with E-state index in [9.17, 15) is 23.7 Å². The molecular weight excluding hydrogens is 665 g/mol. The maximum absolute atomic E-state index is 16.2. The molecule has 0 amide bonds. The number of hydrogen-bond donors (Lipinski definition) is 2. The molecule has 2 aromatic rings. The van der Waals surface area contributed by atoms with Crippen molar-refractivity contribution in [3.8, 4) is 0 Å². The number of aryl methyl sites for hydroxylation is 2. The molecule has 0 aliphatic carbocycles. The maximum atomic E-state index is 16.2. The molecule has 0 bridgehead atoms. The Balaban J connectivity index is 1.62. The van der Waals surface area contributed by atoms with Crippen molar-refractivity contribution >= 4 is 7.37 Å². The summed E-state index contributed by atoms with van der Waals surface area (Å²) < 4.78 is 95.7. The van der Waals surface area contributed by atoms with Crippen molar-refractivity contribution in [2.24, 2.45) is 5.92 Å². The average Bonchev–Trinajstić information content (AvgIpc) is 3.52. The zero-order valence-corrected chi connectivity index (χ0v) is 28.4. The molecule has 1 unspecified atom stereocenters. The molecule has 0 spiro atoms. The number of hydrogen-bond acceptors (Lipinski definition) is 12. The van der Waals surface area contributed by atoms with Crippen molar-refractivity contribution in [1.29, 1.82) is 0 Å². The fourth-order valence-electron chi connectivity index (χ4n) is 5.58. The van der Waals surface area contributed by atoms with E-state index in [1.165, 1.54) is 40.5 Å². The maximum Gasteiger partial charge on any atom is 0.330 e. The molecule has 270 valence electrons. The lowest BCUT2D eigenvalue weighted by atomic mass is 9.98. The van der Waals surface area contributed by atoms with Gasteiger partial charge in [-0.15, -0.1) is 0 Å². The van der Waals surface area contributed by atoms with Gasteiger partial charge in [0, 0.05) is 58.1 Å². The lowest BCUT2D eigenvalue weighted by Crippen LogP contribution is -2.41. The smallest absolute Gasteiger partial charge is 0.330 e. The Kier molecular flexibility index (Phi) is 11.7. The Morgan fingerprint density at radius 2 is 1.38 bits per heavy atom. The van der Waals surface area contributed by atoms with Gasteiger partial charge in [-0.3, -0.25) is 33.3 Å². The highest BCUT2D eigenvalue weighted by atomic mass is 31.2. The van der Waals surface area contributed by atoms with Gasteiger partial charge in [0.25, 0.3) is 18.5 Å². The van der Waals surface area contributed by atoms with Crippen molar-refractivity contribution in [3.63, 3.8) is 0 Å². The van der Waals surface area contributed by atoms with Crippen LogP contribution in [0.25, 0.3) is 0 Å². The predicted octanol–water partition coefficient (Wildman–Crippen LogP) is 1.49. The SMILES string of the molecule is [2H]C[C@H]1O[C@@H](n2cc(C)c(=O)[nH]c2=O)[C@H](OCCOC)[C@@H]1OP(C)(=O)C(F)(F)C[C@H]1O[C@@H](n2cc(C)c(=O)[nH]c2=O)[C@H](OCCOC)[C@@H]1C. The summed E-state index contributed by atoms with van der Waals surface area (Å²) in [7, 11) is -2.12. The molecule has 48 heavy (non-hydrogen) atoms. The summed E-state index contributed by atoms with van der Waals surface area (Å²) in [5.74, 6) is -0.771. The summed E-state index contributed by atoms with van der Waals surface area (Å²) in [5.41, 5.74) is -6.69. The number of aromatic nitrogens is 4. The van der Waals surface area contributed by atoms with Crippen LogP contribution >= 0.6 is 7.37 Å². The first-order chi connectivity index (χ1) is 23.1. The molecule has 9 atom stereocenters. The van der Waals surface area contributed by atoms with Gasteiger partial charge < -0.3 is 32.9 Å². The van der Waals surface area contributed by atoms with Crippen LogP contribution in [0.2, 0.25) is 0 Å². The molecule has 16 nitrogen and oxygen atoms in total. The van der Waals surface area contributed by atoms with E-state index in [0.29, 0.717) is 0 Å². The van der Waals surface area contributed by atoms with Crippen LogP contribution in [0.4, 0.5) is 8.78 Å². The van der Waals surface area contributed by atoms with Gasteiger partial charge in [-0.25, -0.2) is 9.59 Å². The van der Waals surface area contributed by atoms with E-state index >= 15 is 8.78 Å². The first kappa shape index (κ1) is 36.5. The van der Waals surface area contributed by atoms with E-state index in [4.69, 9.17) is 34.3 Å². The van der Waals surface area contributed by atoms with E-state index in [2.05, 4.69) is 9.97 Å². The summed E-state index contributed by atoms with van der Waals surface area (Å²) in [4.78, 5) is 53.7. The normalized spacial score (nSPS) is 29.2. The van der Waals surface area contributed by atoms with Crippen LogP contribution in [-0.2, 0) is 37.5 Å². The van der Waals surface area contributed by atoms with E-state index in [0.717, 1.165) is 15.8 Å². The van der Waals surface area contributed by atoms with E-state index < -0.39 is 97.7 Å². The molecular formula is C29H43F2N4O12P. The number of alkyl halides is 2. The lowest BCUT2D eigenvalue weighted by Gasteiger charge is -2.32. The second-order valence-electron chi connectivity index (χ2n) is 11.9. The summed E-state index contributed by atoms with van der Waals surface area (Å²) in [5, 5.41) is 0. The van der Waals surface area contributed by atoms with Crippen molar-refractivity contribution in [2.45, 2.75) is 82.7 Å². The number of ether oxygens (including phenoxy) is 6. The van der Waals surface area contributed by atoms with Crippen molar-refractivity contribution in [1.82, 2.24) is 19.1 Å². The second-order valence-corrected chi connectivity index (χ2v) is 14.4. The predicted molar refractivity (Wildman–Crippen MR) is 166 cm³/mol. The number of aromatic amines is 2. The Morgan fingerprint density at radius 1 is 0.875 bits per heavy atom. The summed E-state index contributed by atoms with van der Waals surface area (Å²) >= 11 is 0. The number of nitrogens with zero attached hydrogens (tertiary/aromatic N) is 2. The fraction of sp³-hybridized carbons (Fsp3) is 0.724. The fourth-order valence-corrected chi connectivity index (χ4v) is 6.97. The van der Waals surface area contributed by atoms with E-state index in [1.54, 1.807) is 6.92 Å². The van der Waals surface area contributed by atoms with Crippen molar-refractivity contribution < 1.29 is 47.7 Å². The standard InChI is InChI=1S/C29H43F2N4O12P/c1-15-13-34(27(38)32-23(15)36)25-20(43-10-8-41-5)17(3)19(46-25)12-29(30,31)48(7,40)47-21-18(4)45-26(22(21)44-11-9-42-6)35-14-16(2)24(37)33-28(35)39/h13-14,17-22,25-26H,8-12H2,1-7H3,(H,32,36,38)(H,33,37,39)/t17-,18-,19-,20-,21-,22-,25-,26-,48?/m1/s1/i4D. The van der Waals surface area contributed by atoms with Gasteiger partial charge in [0.1, 0.15) is 18.3 Å². The third-order valence-electron chi connectivity index (χ3n) is 8.38. The Labute approximate surface area is 275 Å². The minimum Gasteiger partial charge on any atom is -0.382 e. The van der Waals surface area contributed by atoms with Gasteiger partial charge in [-0.2, -0.15) is 8.78 Å². The average molecular weight is 710 g/mol. The minimum absolute atomic E-state index is 0.0423. The molecule has 19 heteroatoms. The zero-order valence-electron chi connectivity index (χ0n) is 28.5. The summed E-state index contributed by atoms with van der Waals surface area (Å²) in [6.07, 6.45) is -7.56. The third-order valence-corrected chi connectivity index (χ3v) is 10.4. The number of methoxy groups -OCH3 is 2. The quantitative estimate of drug-likeness (QED) is 0.200. The van der Waals surface area contributed by atoms with E-state index in [1.807, 2.05) is 0 Å². The molecule has 2 fully saturated rings. The summed E-state index contributed by atoms with van der Waals surface area (Å²) in [6, 6.07) is 0. The van der Waals surface area contributed by atoms with Crippen LogP contribution in [-0.4, -0.2) is 103 Å². The lowest BCUT2D eigenvalue weighted by molar-refractivity contribution is -0.0868. The van der Waals surface area contributed by atoms with Crippen molar-refractivity contribution in [3.05, 3.63) is 65.2 Å². The molecule has 2 aliphatic rings. The van der Waals surface area contributed by atoms with Gasteiger partial charge in [-0.05, 0) is 20.7 Å². The molecule has 2 aromatic heterocycles. The Hall–Kier alpha value is -2.83. The molecule has 2 aliphatic heterocycles. The monoisotopic (exact) mass is 709 g/mol. The highest BCUT2D eigenvalue weighted by Crippen LogP contribution is 2.63. The number of H-pyrrole nitrogens is 2. The van der Waals surface area contributed by atoms with Gasteiger partial charge in [-0.1, -0.05) is 6.92 Å². The minimum atomic E-state index is -4.97. The van der Waals surface area contributed by atoms with Crippen LogP contribution in [0.5, 0.6) is 0 Å². The molecule has 4 rings (SSSR count). The van der Waals surface area contributed by atoms with Gasteiger partial charge in [0.05, 0.1) is 38.6 Å². The first-order valence-corrected chi connectivity index (χ1v) is 17.2. The first-order valence-electron chi connectivity index (χ1n) is 15.9. The van der Waals surface area contributed by atoms with Crippen LogP contribution in [0.15, 0.2) is 31.6 Å². The van der Waals surface area contributed by atoms with Crippen LogP contribution < -0.4 is 22.5 Å². The molecule has 0 aromatic carbocycles. The topological polar surface area (TPSA) is 191 Å². The number of rotatable bonds is 15. The Morgan fingerprint density at radius 3 is 1.88 bits per heavy atom.